The molecule has 1 amide bonds. The SMILES string of the molecule is CCCCOC(=O)c1ccc(NS(=O)(=O)c2ccc(OC)c(NC(=O)c3ccccc3F)c2)cc1. The summed E-state index contributed by atoms with van der Waals surface area (Å²) in [5.74, 6) is -1.77. The predicted molar refractivity (Wildman–Crippen MR) is 130 cm³/mol. The highest BCUT2D eigenvalue weighted by Crippen LogP contribution is 2.29. The van der Waals surface area contributed by atoms with Crippen molar-refractivity contribution in [2.24, 2.45) is 0 Å². The molecule has 0 heterocycles. The van der Waals surface area contributed by atoms with Crippen LogP contribution in [0.25, 0.3) is 0 Å². The van der Waals surface area contributed by atoms with E-state index >= 15 is 0 Å². The maximum atomic E-state index is 14.0. The van der Waals surface area contributed by atoms with E-state index in [2.05, 4.69) is 10.0 Å². The molecule has 0 atom stereocenters. The topological polar surface area (TPSA) is 111 Å². The van der Waals surface area contributed by atoms with Crippen molar-refractivity contribution in [3.63, 3.8) is 0 Å². The minimum atomic E-state index is -4.07. The Morgan fingerprint density at radius 1 is 1.00 bits per heavy atom. The molecule has 3 aromatic rings. The summed E-state index contributed by atoms with van der Waals surface area (Å²) in [4.78, 5) is 24.4. The van der Waals surface area contributed by atoms with Crippen molar-refractivity contribution in [1.29, 1.82) is 0 Å². The Balaban J connectivity index is 1.78. The van der Waals surface area contributed by atoms with Crippen LogP contribution < -0.4 is 14.8 Å². The van der Waals surface area contributed by atoms with E-state index in [1.165, 1.54) is 67.8 Å². The van der Waals surface area contributed by atoms with Gasteiger partial charge in [-0.1, -0.05) is 25.5 Å². The van der Waals surface area contributed by atoms with Gasteiger partial charge in [0.2, 0.25) is 0 Å². The molecule has 35 heavy (non-hydrogen) atoms. The minimum absolute atomic E-state index is 0.0498. The predicted octanol–water partition coefficient (Wildman–Crippen LogP) is 4.84. The lowest BCUT2D eigenvalue weighted by atomic mass is 10.2. The number of esters is 1. The van der Waals surface area contributed by atoms with Gasteiger partial charge in [-0.2, -0.15) is 0 Å². The second-order valence-electron chi connectivity index (χ2n) is 7.47. The number of carbonyl (C=O) groups is 2. The first-order valence-electron chi connectivity index (χ1n) is 10.8. The van der Waals surface area contributed by atoms with Crippen LogP contribution in [-0.4, -0.2) is 34.0 Å². The van der Waals surface area contributed by atoms with Crippen molar-refractivity contribution in [3.05, 3.63) is 83.7 Å². The summed E-state index contributed by atoms with van der Waals surface area (Å²) in [7, 11) is -2.71. The lowest BCUT2D eigenvalue weighted by Crippen LogP contribution is -2.16. The van der Waals surface area contributed by atoms with Crippen molar-refractivity contribution in [2.45, 2.75) is 24.7 Å². The Hall–Kier alpha value is -3.92. The number of benzene rings is 3. The average Bonchev–Trinajstić information content (AvgIpc) is 2.84. The summed E-state index contributed by atoms with van der Waals surface area (Å²) < 4.78 is 52.6. The fourth-order valence-corrected chi connectivity index (χ4v) is 4.15. The number of carbonyl (C=O) groups excluding carboxylic acids is 2. The molecule has 2 N–H and O–H groups in total. The molecule has 0 saturated heterocycles. The monoisotopic (exact) mass is 500 g/mol. The molecule has 0 radical (unpaired) electrons. The zero-order valence-electron chi connectivity index (χ0n) is 19.2. The van der Waals surface area contributed by atoms with Gasteiger partial charge < -0.3 is 14.8 Å². The second kappa shape index (κ2) is 11.5. The first-order chi connectivity index (χ1) is 16.7. The largest absolute Gasteiger partial charge is 0.495 e. The molecule has 0 bridgehead atoms. The van der Waals surface area contributed by atoms with Gasteiger partial charge >= 0.3 is 5.97 Å². The van der Waals surface area contributed by atoms with Crippen LogP contribution in [0.1, 0.15) is 40.5 Å². The number of hydrogen-bond acceptors (Lipinski definition) is 6. The molecule has 0 saturated carbocycles. The Morgan fingerprint density at radius 3 is 2.37 bits per heavy atom. The number of ether oxygens (including phenoxy) is 2. The zero-order valence-corrected chi connectivity index (χ0v) is 20.0. The van der Waals surface area contributed by atoms with Crippen LogP contribution in [0.2, 0.25) is 0 Å². The first kappa shape index (κ1) is 25.7. The lowest BCUT2D eigenvalue weighted by Gasteiger charge is -2.14. The molecule has 3 rings (SSSR count). The van der Waals surface area contributed by atoms with Gasteiger partial charge in [0.15, 0.2) is 0 Å². The molecular weight excluding hydrogens is 475 g/mol. The van der Waals surface area contributed by atoms with Gasteiger partial charge in [-0.15, -0.1) is 0 Å². The van der Waals surface area contributed by atoms with Crippen molar-refractivity contribution in [3.8, 4) is 5.75 Å². The average molecular weight is 501 g/mol. The van der Waals surface area contributed by atoms with E-state index in [9.17, 15) is 22.4 Å². The molecule has 3 aromatic carbocycles. The van der Waals surface area contributed by atoms with E-state index in [1.807, 2.05) is 6.92 Å². The van der Waals surface area contributed by atoms with Crippen molar-refractivity contribution >= 4 is 33.3 Å². The van der Waals surface area contributed by atoms with Gasteiger partial charge in [0.1, 0.15) is 11.6 Å². The highest BCUT2D eigenvalue weighted by atomic mass is 32.2. The third-order valence-corrected chi connectivity index (χ3v) is 6.33. The smallest absolute Gasteiger partial charge is 0.338 e. The van der Waals surface area contributed by atoms with E-state index in [0.29, 0.717) is 12.2 Å². The third-order valence-electron chi connectivity index (χ3n) is 4.95. The summed E-state index contributed by atoms with van der Waals surface area (Å²) in [6.45, 7) is 2.30. The van der Waals surface area contributed by atoms with E-state index in [1.54, 1.807) is 0 Å². The van der Waals surface area contributed by atoms with Crippen molar-refractivity contribution in [1.82, 2.24) is 0 Å². The van der Waals surface area contributed by atoms with E-state index in [-0.39, 0.29) is 27.6 Å². The molecule has 0 aliphatic heterocycles. The molecule has 0 fully saturated rings. The standard InChI is InChI=1S/C25H25FN2O6S/c1-3-4-15-34-25(30)17-9-11-18(12-10-17)28-35(31,32)19-13-14-23(33-2)22(16-19)27-24(29)20-7-5-6-8-21(20)26/h5-14,16,28H,3-4,15H2,1-2H3,(H,27,29). The van der Waals surface area contributed by atoms with Gasteiger partial charge in [-0.05, 0) is 61.0 Å². The van der Waals surface area contributed by atoms with Crippen LogP contribution in [0.3, 0.4) is 0 Å². The molecule has 0 aliphatic carbocycles. The number of amides is 1. The third kappa shape index (κ3) is 6.57. The van der Waals surface area contributed by atoms with Crippen LogP contribution in [0.5, 0.6) is 5.75 Å². The Morgan fingerprint density at radius 2 is 1.71 bits per heavy atom. The molecule has 0 aliphatic rings. The maximum absolute atomic E-state index is 14.0. The van der Waals surface area contributed by atoms with Gasteiger partial charge in [0.25, 0.3) is 15.9 Å². The van der Waals surface area contributed by atoms with Crippen LogP contribution >= 0.6 is 0 Å². The van der Waals surface area contributed by atoms with Gasteiger partial charge in [0, 0.05) is 5.69 Å². The van der Waals surface area contributed by atoms with Crippen LogP contribution in [-0.2, 0) is 14.8 Å². The number of sulfonamides is 1. The molecule has 0 unspecified atom stereocenters. The molecule has 8 nitrogen and oxygen atoms in total. The van der Waals surface area contributed by atoms with Crippen molar-refractivity contribution in [2.75, 3.05) is 23.8 Å². The number of nitrogens with one attached hydrogen (secondary N) is 2. The lowest BCUT2D eigenvalue weighted by molar-refractivity contribution is 0.0499. The normalized spacial score (nSPS) is 10.9. The number of rotatable bonds is 10. The Bertz CT molecular complexity index is 1310. The molecule has 184 valence electrons. The Kier molecular flexibility index (Phi) is 8.43. The quantitative estimate of drug-likeness (QED) is 0.304. The summed E-state index contributed by atoms with van der Waals surface area (Å²) in [5, 5.41) is 2.49. The number of unbranched alkanes of at least 4 members (excludes halogenated alkanes) is 1. The fourth-order valence-electron chi connectivity index (χ4n) is 3.07. The number of methoxy groups -OCH3 is 1. The van der Waals surface area contributed by atoms with Crippen molar-refractivity contribution < 1.29 is 31.9 Å². The van der Waals surface area contributed by atoms with E-state index in [4.69, 9.17) is 9.47 Å². The molecule has 0 aromatic heterocycles. The highest BCUT2D eigenvalue weighted by molar-refractivity contribution is 7.92. The molecule has 0 spiro atoms. The number of halogens is 1. The van der Waals surface area contributed by atoms with Gasteiger partial charge in [-0.25, -0.2) is 17.6 Å². The van der Waals surface area contributed by atoms with Gasteiger partial charge in [-0.3, -0.25) is 9.52 Å². The first-order valence-corrected chi connectivity index (χ1v) is 12.3. The van der Waals surface area contributed by atoms with Crippen LogP contribution in [0, 0.1) is 5.82 Å². The summed E-state index contributed by atoms with van der Waals surface area (Å²) in [5.41, 5.74) is 0.373. The molecular formula is C25H25FN2O6S. The number of anilines is 2. The van der Waals surface area contributed by atoms with Gasteiger partial charge in [0.05, 0.1) is 35.4 Å². The van der Waals surface area contributed by atoms with E-state index < -0.39 is 27.7 Å². The summed E-state index contributed by atoms with van der Waals surface area (Å²) >= 11 is 0. The van der Waals surface area contributed by atoms with Crippen LogP contribution in [0.15, 0.2) is 71.6 Å². The maximum Gasteiger partial charge on any atom is 0.338 e. The number of hydrogen-bond donors (Lipinski definition) is 2. The second-order valence-corrected chi connectivity index (χ2v) is 9.15. The molecule has 10 heteroatoms. The fraction of sp³-hybridized carbons (Fsp3) is 0.200. The Labute approximate surface area is 203 Å². The summed E-state index contributed by atoms with van der Waals surface area (Å²) in [6.07, 6.45) is 1.65. The van der Waals surface area contributed by atoms with E-state index in [0.717, 1.165) is 18.9 Å². The van der Waals surface area contributed by atoms with Crippen LogP contribution in [0.4, 0.5) is 15.8 Å². The highest BCUT2D eigenvalue weighted by Gasteiger charge is 2.19. The zero-order chi connectivity index (χ0) is 25.4. The summed E-state index contributed by atoms with van der Waals surface area (Å²) in [6, 6.07) is 15.1. The minimum Gasteiger partial charge on any atom is -0.495 e.